The molecule has 0 atom stereocenters. The number of hydrogen-bond donors (Lipinski definition) is 1. The molecule has 2 aromatic carbocycles. The maximum atomic E-state index is 13.5. The third kappa shape index (κ3) is 5.00. The van der Waals surface area contributed by atoms with E-state index in [1.807, 2.05) is 54.6 Å². The molecule has 0 fully saturated rings. The van der Waals surface area contributed by atoms with E-state index in [0.717, 1.165) is 11.1 Å². The lowest BCUT2D eigenvalue weighted by molar-refractivity contribution is -0.135. The van der Waals surface area contributed by atoms with Gasteiger partial charge in [0.1, 0.15) is 6.54 Å². The molecule has 1 aliphatic heterocycles. The molecular formula is C27H24N6O3. The molecule has 0 unspecified atom stereocenters. The van der Waals surface area contributed by atoms with E-state index in [1.54, 1.807) is 35.3 Å². The lowest BCUT2D eigenvalue weighted by Crippen LogP contribution is -2.44. The number of nitrogens with one attached hydrogen (secondary N) is 1. The molecule has 180 valence electrons. The Morgan fingerprint density at radius 1 is 0.917 bits per heavy atom. The molecule has 0 spiro atoms. The SMILES string of the molecule is O=C(CN1Cc2ccccc2N(C(=O)c2ccc(-n3cccn3)nc2)CC1=O)NCc1ccccc1. The lowest BCUT2D eigenvalue weighted by atomic mass is 10.1. The Bertz CT molecular complexity index is 1370. The molecule has 0 saturated heterocycles. The first kappa shape index (κ1) is 23.0. The Kier molecular flexibility index (Phi) is 6.53. The molecule has 4 aromatic rings. The zero-order valence-corrected chi connectivity index (χ0v) is 19.4. The molecule has 0 radical (unpaired) electrons. The van der Waals surface area contributed by atoms with Gasteiger partial charge < -0.3 is 10.2 Å². The van der Waals surface area contributed by atoms with E-state index < -0.39 is 0 Å². The Morgan fingerprint density at radius 3 is 2.47 bits per heavy atom. The second-order valence-electron chi connectivity index (χ2n) is 8.39. The summed E-state index contributed by atoms with van der Waals surface area (Å²) in [5, 5.41) is 7.00. The highest BCUT2D eigenvalue weighted by molar-refractivity contribution is 6.09. The van der Waals surface area contributed by atoms with Crippen LogP contribution in [0.1, 0.15) is 21.5 Å². The summed E-state index contributed by atoms with van der Waals surface area (Å²) in [6.07, 6.45) is 4.89. The highest BCUT2D eigenvalue weighted by Gasteiger charge is 2.30. The Balaban J connectivity index is 1.32. The number of hydrogen-bond acceptors (Lipinski definition) is 5. The van der Waals surface area contributed by atoms with Crippen LogP contribution in [0.25, 0.3) is 5.82 Å². The zero-order valence-electron chi connectivity index (χ0n) is 19.4. The summed E-state index contributed by atoms with van der Waals surface area (Å²) in [7, 11) is 0. The number of carbonyl (C=O) groups is 3. The second kappa shape index (κ2) is 10.2. The number of para-hydroxylation sites is 1. The highest BCUT2D eigenvalue weighted by Crippen LogP contribution is 2.27. The molecule has 36 heavy (non-hydrogen) atoms. The number of rotatable bonds is 6. The molecule has 9 nitrogen and oxygen atoms in total. The van der Waals surface area contributed by atoms with Gasteiger partial charge in [0.2, 0.25) is 11.8 Å². The molecule has 0 aliphatic carbocycles. The van der Waals surface area contributed by atoms with Crippen LogP contribution in [-0.2, 0) is 22.7 Å². The number of pyridine rings is 1. The molecule has 3 heterocycles. The van der Waals surface area contributed by atoms with Gasteiger partial charge >= 0.3 is 0 Å². The van der Waals surface area contributed by atoms with Gasteiger partial charge in [-0.1, -0.05) is 48.5 Å². The summed E-state index contributed by atoms with van der Waals surface area (Å²) in [5.74, 6) is -0.333. The van der Waals surface area contributed by atoms with Gasteiger partial charge in [-0.25, -0.2) is 9.67 Å². The van der Waals surface area contributed by atoms with Crippen molar-refractivity contribution in [2.24, 2.45) is 0 Å². The van der Waals surface area contributed by atoms with Gasteiger partial charge in [-0.05, 0) is 35.4 Å². The van der Waals surface area contributed by atoms with E-state index >= 15 is 0 Å². The van der Waals surface area contributed by atoms with Crippen LogP contribution in [0, 0.1) is 0 Å². The van der Waals surface area contributed by atoms with Crippen LogP contribution in [0.2, 0.25) is 0 Å². The van der Waals surface area contributed by atoms with Gasteiger partial charge in [-0.15, -0.1) is 0 Å². The molecule has 0 saturated carbocycles. The molecule has 2 aromatic heterocycles. The van der Waals surface area contributed by atoms with E-state index in [1.165, 1.54) is 16.0 Å². The first-order chi connectivity index (χ1) is 17.6. The molecule has 9 heteroatoms. The molecule has 3 amide bonds. The zero-order chi connectivity index (χ0) is 24.9. The molecule has 0 bridgehead atoms. The highest BCUT2D eigenvalue weighted by atomic mass is 16.2. The number of aromatic nitrogens is 3. The fraction of sp³-hybridized carbons (Fsp3) is 0.148. The Morgan fingerprint density at radius 2 is 1.72 bits per heavy atom. The maximum Gasteiger partial charge on any atom is 0.260 e. The fourth-order valence-corrected chi connectivity index (χ4v) is 4.08. The van der Waals surface area contributed by atoms with Gasteiger partial charge in [-0.3, -0.25) is 19.3 Å². The molecular weight excluding hydrogens is 456 g/mol. The standard InChI is InChI=1S/C27H24N6O3/c34-25(29-15-20-7-2-1-3-8-20)18-31-17-22-9-4-5-10-23(22)32(19-26(31)35)27(36)21-11-12-24(28-16-21)33-14-6-13-30-33/h1-14,16H,15,17-19H2,(H,29,34). The van der Waals surface area contributed by atoms with Crippen molar-refractivity contribution in [3.63, 3.8) is 0 Å². The van der Waals surface area contributed by atoms with Crippen LogP contribution in [-0.4, -0.2) is 50.5 Å². The summed E-state index contributed by atoms with van der Waals surface area (Å²) < 4.78 is 1.60. The molecule has 1 aliphatic rings. The average Bonchev–Trinajstić information content (AvgIpc) is 3.42. The fourth-order valence-electron chi connectivity index (χ4n) is 4.08. The van der Waals surface area contributed by atoms with Crippen molar-refractivity contribution in [1.29, 1.82) is 0 Å². The van der Waals surface area contributed by atoms with Crippen molar-refractivity contribution < 1.29 is 14.4 Å². The number of anilines is 1. The van der Waals surface area contributed by atoms with Gasteiger partial charge in [0.05, 0.1) is 12.1 Å². The van der Waals surface area contributed by atoms with Gasteiger partial charge in [0.25, 0.3) is 5.91 Å². The van der Waals surface area contributed by atoms with Crippen LogP contribution < -0.4 is 10.2 Å². The van der Waals surface area contributed by atoms with Crippen LogP contribution in [0.3, 0.4) is 0 Å². The van der Waals surface area contributed by atoms with E-state index in [4.69, 9.17) is 0 Å². The Labute approximate surface area is 208 Å². The number of carbonyl (C=O) groups excluding carboxylic acids is 3. The summed E-state index contributed by atoms with van der Waals surface area (Å²) in [4.78, 5) is 46.5. The number of nitrogens with zero attached hydrogens (tertiary/aromatic N) is 5. The second-order valence-corrected chi connectivity index (χ2v) is 8.39. The quantitative estimate of drug-likeness (QED) is 0.457. The van der Waals surface area contributed by atoms with Gasteiger partial charge in [0, 0.05) is 37.4 Å². The maximum absolute atomic E-state index is 13.5. The van der Waals surface area contributed by atoms with Crippen molar-refractivity contribution >= 4 is 23.4 Å². The van der Waals surface area contributed by atoms with Crippen LogP contribution >= 0.6 is 0 Å². The van der Waals surface area contributed by atoms with E-state index in [9.17, 15) is 14.4 Å². The van der Waals surface area contributed by atoms with Crippen molar-refractivity contribution in [1.82, 2.24) is 25.0 Å². The van der Waals surface area contributed by atoms with Crippen molar-refractivity contribution in [2.45, 2.75) is 13.1 Å². The first-order valence-corrected chi connectivity index (χ1v) is 11.5. The minimum atomic E-state index is -0.342. The third-order valence-electron chi connectivity index (χ3n) is 5.94. The van der Waals surface area contributed by atoms with Crippen LogP contribution in [0.15, 0.2) is 91.4 Å². The Hall–Kier alpha value is -4.79. The van der Waals surface area contributed by atoms with E-state index in [2.05, 4.69) is 15.4 Å². The van der Waals surface area contributed by atoms with Crippen molar-refractivity contribution in [3.05, 3.63) is 108 Å². The smallest absolute Gasteiger partial charge is 0.260 e. The summed E-state index contributed by atoms with van der Waals surface area (Å²) in [5.41, 5.74) is 2.75. The molecule has 1 N–H and O–H groups in total. The number of amides is 3. The molecule has 5 rings (SSSR count). The van der Waals surface area contributed by atoms with Crippen LogP contribution in [0.4, 0.5) is 5.69 Å². The largest absolute Gasteiger partial charge is 0.350 e. The van der Waals surface area contributed by atoms with E-state index in [0.29, 0.717) is 23.6 Å². The van der Waals surface area contributed by atoms with E-state index in [-0.39, 0.29) is 37.4 Å². The minimum Gasteiger partial charge on any atom is -0.350 e. The predicted octanol–water partition coefficient (Wildman–Crippen LogP) is 2.57. The lowest BCUT2D eigenvalue weighted by Gasteiger charge is -2.22. The monoisotopic (exact) mass is 480 g/mol. The summed E-state index contributed by atoms with van der Waals surface area (Å²) >= 11 is 0. The van der Waals surface area contributed by atoms with Gasteiger partial charge in [0.15, 0.2) is 5.82 Å². The normalized spacial score (nSPS) is 13.2. The summed E-state index contributed by atoms with van der Waals surface area (Å²) in [6, 6.07) is 22.1. The topological polar surface area (TPSA) is 100 Å². The van der Waals surface area contributed by atoms with Crippen molar-refractivity contribution in [3.8, 4) is 5.82 Å². The average molecular weight is 481 g/mol. The van der Waals surface area contributed by atoms with Crippen LogP contribution in [0.5, 0.6) is 0 Å². The van der Waals surface area contributed by atoms with Gasteiger partial charge in [-0.2, -0.15) is 5.10 Å². The number of benzene rings is 2. The minimum absolute atomic E-state index is 0.0951. The first-order valence-electron chi connectivity index (χ1n) is 11.5. The van der Waals surface area contributed by atoms with Crippen molar-refractivity contribution in [2.75, 3.05) is 18.0 Å². The third-order valence-corrected chi connectivity index (χ3v) is 5.94. The predicted molar refractivity (Wildman–Crippen MR) is 133 cm³/mol. The summed E-state index contributed by atoms with van der Waals surface area (Å²) in [6.45, 7) is 0.337. The number of fused-ring (bicyclic) bond motifs is 1.